The molecule has 1 saturated heterocycles. The van der Waals surface area contributed by atoms with Crippen LogP contribution in [0.1, 0.15) is 27.0 Å². The summed E-state index contributed by atoms with van der Waals surface area (Å²) in [7, 11) is 0. The molecule has 1 aliphatic rings. The smallest absolute Gasteiger partial charge is 0.349 e. The second kappa shape index (κ2) is 8.19. The van der Waals surface area contributed by atoms with Gasteiger partial charge in [0.25, 0.3) is 5.91 Å². The van der Waals surface area contributed by atoms with Crippen LogP contribution in [0, 0.1) is 13.8 Å². The topological polar surface area (TPSA) is 53.8 Å². The molecular weight excluding hydrogens is 376 g/mol. The van der Waals surface area contributed by atoms with Crippen molar-refractivity contribution in [3.8, 4) is 0 Å². The van der Waals surface area contributed by atoms with Gasteiger partial charge in [-0.25, -0.2) is 4.79 Å². The van der Waals surface area contributed by atoms with Crippen molar-refractivity contribution < 1.29 is 9.21 Å². The average Bonchev–Trinajstić information content (AvgIpc) is 2.75. The molecule has 5 nitrogen and oxygen atoms in total. The standard InChI is InChI=1S/C25H26N2O3/c1-4-6-19-7-5-8-20-16-22(25(29)30-23(19)20)24(28)27-13-11-26(12-14-27)21-10-9-17(2)18(3)15-21/h4-5,7-10,15-16H,1,6,11-14H2,2-3H3. The Morgan fingerprint density at radius 3 is 2.53 bits per heavy atom. The number of fused-ring (bicyclic) bond motifs is 1. The first kappa shape index (κ1) is 20.0. The Labute approximate surface area is 176 Å². The largest absolute Gasteiger partial charge is 0.422 e. The SMILES string of the molecule is C=CCc1cccc2cc(C(=O)N3CCN(c4ccc(C)c(C)c4)CC3)c(=O)oc12. The van der Waals surface area contributed by atoms with Crippen LogP contribution in [-0.4, -0.2) is 37.0 Å². The van der Waals surface area contributed by atoms with Crippen molar-refractivity contribution in [1.29, 1.82) is 0 Å². The van der Waals surface area contributed by atoms with Gasteiger partial charge in [0.1, 0.15) is 11.1 Å². The summed E-state index contributed by atoms with van der Waals surface area (Å²) in [5, 5.41) is 0.756. The van der Waals surface area contributed by atoms with E-state index in [1.54, 1.807) is 17.0 Å². The molecule has 5 heteroatoms. The molecule has 0 spiro atoms. The van der Waals surface area contributed by atoms with Crippen LogP contribution in [0.2, 0.25) is 0 Å². The van der Waals surface area contributed by atoms with Gasteiger partial charge in [0.2, 0.25) is 0 Å². The molecule has 0 saturated carbocycles. The third-order valence-corrected chi connectivity index (χ3v) is 5.86. The third kappa shape index (κ3) is 3.75. The van der Waals surface area contributed by atoms with Gasteiger partial charge in [-0.1, -0.05) is 30.3 Å². The highest BCUT2D eigenvalue weighted by molar-refractivity contribution is 5.97. The number of rotatable bonds is 4. The Bertz CT molecular complexity index is 1170. The van der Waals surface area contributed by atoms with Crippen LogP contribution in [-0.2, 0) is 6.42 Å². The average molecular weight is 402 g/mol. The Hall–Kier alpha value is -3.34. The Kier molecular flexibility index (Phi) is 5.44. The van der Waals surface area contributed by atoms with Gasteiger partial charge in [-0.3, -0.25) is 4.79 Å². The molecule has 2 aromatic carbocycles. The maximum atomic E-state index is 13.0. The molecule has 0 atom stereocenters. The van der Waals surface area contributed by atoms with Crippen molar-refractivity contribution in [1.82, 2.24) is 4.90 Å². The molecule has 1 aromatic heterocycles. The molecule has 0 aliphatic carbocycles. The van der Waals surface area contributed by atoms with Crippen LogP contribution >= 0.6 is 0 Å². The van der Waals surface area contributed by atoms with Crippen LogP contribution in [0.3, 0.4) is 0 Å². The van der Waals surface area contributed by atoms with Gasteiger partial charge in [0, 0.05) is 37.3 Å². The first-order chi connectivity index (χ1) is 14.5. The Balaban J connectivity index is 1.53. The van der Waals surface area contributed by atoms with Crippen molar-refractivity contribution >= 4 is 22.6 Å². The van der Waals surface area contributed by atoms with E-state index < -0.39 is 5.63 Å². The van der Waals surface area contributed by atoms with Gasteiger partial charge in [-0.05, 0) is 55.2 Å². The van der Waals surface area contributed by atoms with Gasteiger partial charge >= 0.3 is 5.63 Å². The zero-order valence-corrected chi connectivity index (χ0v) is 17.5. The van der Waals surface area contributed by atoms with E-state index in [4.69, 9.17) is 4.42 Å². The Morgan fingerprint density at radius 1 is 1.07 bits per heavy atom. The predicted molar refractivity (Wildman–Crippen MR) is 120 cm³/mol. The molecule has 0 radical (unpaired) electrons. The summed E-state index contributed by atoms with van der Waals surface area (Å²) < 4.78 is 5.54. The van der Waals surface area contributed by atoms with Crippen LogP contribution in [0.25, 0.3) is 11.0 Å². The van der Waals surface area contributed by atoms with E-state index in [1.165, 1.54) is 16.8 Å². The molecule has 154 valence electrons. The summed E-state index contributed by atoms with van der Waals surface area (Å²) >= 11 is 0. The van der Waals surface area contributed by atoms with E-state index in [0.717, 1.165) is 24.0 Å². The second-order valence-electron chi connectivity index (χ2n) is 7.82. The summed E-state index contributed by atoms with van der Waals surface area (Å²) in [5.74, 6) is -0.264. The van der Waals surface area contributed by atoms with Crippen molar-refractivity contribution in [2.45, 2.75) is 20.3 Å². The minimum absolute atomic E-state index is 0.0953. The molecule has 1 amide bonds. The molecule has 0 bridgehead atoms. The summed E-state index contributed by atoms with van der Waals surface area (Å²) in [5.41, 5.74) is 4.63. The van der Waals surface area contributed by atoms with Crippen LogP contribution in [0.4, 0.5) is 5.69 Å². The molecule has 1 aliphatic heterocycles. The number of amides is 1. The van der Waals surface area contributed by atoms with Gasteiger partial charge < -0.3 is 14.2 Å². The number of nitrogens with zero attached hydrogens (tertiary/aromatic N) is 2. The summed E-state index contributed by atoms with van der Waals surface area (Å²) in [6.45, 7) is 10.6. The number of hydrogen-bond donors (Lipinski definition) is 0. The van der Waals surface area contributed by atoms with Crippen LogP contribution in [0.5, 0.6) is 0 Å². The number of allylic oxidation sites excluding steroid dienone is 1. The first-order valence-corrected chi connectivity index (χ1v) is 10.3. The zero-order valence-electron chi connectivity index (χ0n) is 17.5. The molecule has 0 unspecified atom stereocenters. The highest BCUT2D eigenvalue weighted by Gasteiger charge is 2.25. The fraction of sp³-hybridized carbons (Fsp3) is 0.280. The zero-order chi connectivity index (χ0) is 21.3. The highest BCUT2D eigenvalue weighted by atomic mass is 16.4. The number of benzene rings is 2. The van der Waals surface area contributed by atoms with Gasteiger partial charge in [-0.2, -0.15) is 0 Å². The number of hydrogen-bond acceptors (Lipinski definition) is 4. The van der Waals surface area contributed by atoms with Gasteiger partial charge in [0.15, 0.2) is 0 Å². The van der Waals surface area contributed by atoms with Crippen LogP contribution in [0.15, 0.2) is 64.3 Å². The fourth-order valence-corrected chi connectivity index (χ4v) is 3.93. The molecule has 1 fully saturated rings. The van der Waals surface area contributed by atoms with E-state index in [0.29, 0.717) is 25.1 Å². The van der Waals surface area contributed by atoms with E-state index in [1.807, 2.05) is 18.2 Å². The number of carbonyl (C=O) groups excluding carboxylic acids is 1. The monoisotopic (exact) mass is 402 g/mol. The van der Waals surface area contributed by atoms with Gasteiger partial charge in [0.05, 0.1) is 0 Å². The summed E-state index contributed by atoms with van der Waals surface area (Å²) in [6, 6.07) is 13.8. The number of carbonyl (C=O) groups is 1. The lowest BCUT2D eigenvalue weighted by molar-refractivity contribution is 0.0742. The lowest BCUT2D eigenvalue weighted by Gasteiger charge is -2.36. The lowest BCUT2D eigenvalue weighted by atomic mass is 10.1. The maximum absolute atomic E-state index is 13.0. The van der Waals surface area contributed by atoms with E-state index in [2.05, 4.69) is 43.5 Å². The lowest BCUT2D eigenvalue weighted by Crippen LogP contribution is -2.49. The highest BCUT2D eigenvalue weighted by Crippen LogP contribution is 2.22. The van der Waals surface area contributed by atoms with Crippen molar-refractivity contribution in [2.24, 2.45) is 0 Å². The quantitative estimate of drug-likeness (QED) is 0.487. The molecular formula is C25H26N2O3. The minimum atomic E-state index is -0.583. The fourth-order valence-electron chi connectivity index (χ4n) is 3.93. The summed E-state index contributed by atoms with van der Waals surface area (Å²) in [4.78, 5) is 29.6. The third-order valence-electron chi connectivity index (χ3n) is 5.86. The number of piperazine rings is 1. The maximum Gasteiger partial charge on any atom is 0.349 e. The first-order valence-electron chi connectivity index (χ1n) is 10.3. The predicted octanol–water partition coefficient (Wildman–Crippen LogP) is 4.10. The van der Waals surface area contributed by atoms with E-state index >= 15 is 0 Å². The van der Waals surface area contributed by atoms with Crippen molar-refractivity contribution in [2.75, 3.05) is 31.1 Å². The second-order valence-corrected chi connectivity index (χ2v) is 7.82. The summed E-state index contributed by atoms with van der Waals surface area (Å²) in [6.07, 6.45) is 2.37. The van der Waals surface area contributed by atoms with E-state index in [9.17, 15) is 9.59 Å². The number of anilines is 1. The van der Waals surface area contributed by atoms with Crippen molar-refractivity contribution in [3.63, 3.8) is 0 Å². The molecule has 4 rings (SSSR count). The van der Waals surface area contributed by atoms with Crippen molar-refractivity contribution in [3.05, 3.63) is 87.8 Å². The molecule has 30 heavy (non-hydrogen) atoms. The van der Waals surface area contributed by atoms with Gasteiger partial charge in [-0.15, -0.1) is 6.58 Å². The normalized spacial score (nSPS) is 14.2. The number of para-hydroxylation sites is 1. The minimum Gasteiger partial charge on any atom is -0.422 e. The molecule has 2 heterocycles. The van der Waals surface area contributed by atoms with E-state index in [-0.39, 0.29) is 11.5 Å². The molecule has 0 N–H and O–H groups in total. The number of aryl methyl sites for hydroxylation is 2. The molecule has 3 aromatic rings. The van der Waals surface area contributed by atoms with Crippen LogP contribution < -0.4 is 10.5 Å². The Morgan fingerprint density at radius 2 is 1.83 bits per heavy atom.